The van der Waals surface area contributed by atoms with Crippen molar-refractivity contribution < 1.29 is 35.5 Å². The summed E-state index contributed by atoms with van der Waals surface area (Å²) in [5, 5.41) is 2.27. The summed E-state index contributed by atoms with van der Waals surface area (Å²) in [6, 6.07) is 2.04. The minimum atomic E-state index is -4.87. The normalized spacial score (nSPS) is 12.6. The molecule has 0 heterocycles. The molecule has 0 aliphatic heterocycles. The van der Waals surface area contributed by atoms with Crippen LogP contribution < -0.4 is 5.32 Å². The van der Waals surface area contributed by atoms with Crippen molar-refractivity contribution in [3.63, 3.8) is 0 Å². The third-order valence-electron chi connectivity index (χ3n) is 1.97. The summed E-state index contributed by atoms with van der Waals surface area (Å²) in [5.74, 6) is -1.45. The zero-order valence-corrected chi connectivity index (χ0v) is 9.20. The van der Waals surface area contributed by atoms with Gasteiger partial charge in [-0.1, -0.05) is 0 Å². The first-order valence-corrected chi connectivity index (χ1v) is 4.91. The molecule has 108 valence electrons. The van der Waals surface area contributed by atoms with Crippen LogP contribution in [-0.4, -0.2) is 19.5 Å². The van der Waals surface area contributed by atoms with Gasteiger partial charge in [0.2, 0.25) is 0 Å². The van der Waals surface area contributed by atoms with Crippen LogP contribution in [0.5, 0.6) is 0 Å². The van der Waals surface area contributed by atoms with Crippen LogP contribution in [0.15, 0.2) is 18.2 Å². The van der Waals surface area contributed by atoms with Gasteiger partial charge >= 0.3 is 12.5 Å². The second-order valence-electron chi connectivity index (χ2n) is 3.41. The Morgan fingerprint density at radius 3 is 2.21 bits per heavy atom. The molecule has 0 bridgehead atoms. The molecule has 0 amide bonds. The molecule has 0 unspecified atom stereocenters. The molecule has 0 radical (unpaired) electrons. The van der Waals surface area contributed by atoms with Crippen LogP contribution in [0.3, 0.4) is 0 Å². The lowest BCUT2D eigenvalue weighted by Gasteiger charge is -2.12. The van der Waals surface area contributed by atoms with Crippen molar-refractivity contribution in [1.29, 1.82) is 0 Å². The molecule has 19 heavy (non-hydrogen) atoms. The molecule has 0 aliphatic rings. The Morgan fingerprint density at radius 2 is 1.68 bits per heavy atom. The molecule has 1 rings (SSSR count). The van der Waals surface area contributed by atoms with Crippen molar-refractivity contribution in [3.8, 4) is 0 Å². The van der Waals surface area contributed by atoms with E-state index in [0.29, 0.717) is 12.1 Å². The van der Waals surface area contributed by atoms with E-state index in [0.717, 1.165) is 6.07 Å². The fourth-order valence-electron chi connectivity index (χ4n) is 1.21. The lowest BCUT2D eigenvalue weighted by Crippen LogP contribution is -2.19. The van der Waals surface area contributed by atoms with Gasteiger partial charge in [-0.2, -0.15) is 13.2 Å². The summed E-state index contributed by atoms with van der Waals surface area (Å²) in [6.45, 7) is -1.15. The van der Waals surface area contributed by atoms with E-state index in [1.165, 1.54) is 0 Å². The van der Waals surface area contributed by atoms with Gasteiger partial charge in [-0.15, -0.1) is 13.2 Å². The summed E-state index contributed by atoms with van der Waals surface area (Å²) >= 11 is 0. The molecule has 0 saturated carbocycles. The van der Waals surface area contributed by atoms with E-state index >= 15 is 0 Å². The summed E-state index contributed by atoms with van der Waals surface area (Å²) < 4.78 is 88.1. The molecule has 0 aliphatic carbocycles. The van der Waals surface area contributed by atoms with E-state index in [1.54, 1.807) is 0 Å². The lowest BCUT2D eigenvalue weighted by atomic mass is 10.2. The number of hydrogen-bond donors (Lipinski definition) is 1. The number of ether oxygens (including phenoxy) is 1. The van der Waals surface area contributed by atoms with Gasteiger partial charge in [0.05, 0.1) is 12.2 Å². The standard InChI is InChI=1S/C10H8F7NO/c11-8-2-1-6(5-7(8)9(12,13)14)18-3-4-19-10(15,16)17/h1-2,5,18H,3-4H2. The van der Waals surface area contributed by atoms with E-state index in [9.17, 15) is 30.7 Å². The Balaban J connectivity index is 2.61. The smallest absolute Gasteiger partial charge is 0.383 e. The van der Waals surface area contributed by atoms with Crippen LogP contribution in [0, 0.1) is 5.82 Å². The number of halogens is 7. The van der Waals surface area contributed by atoms with Gasteiger partial charge in [-0.25, -0.2) is 4.39 Å². The van der Waals surface area contributed by atoms with Crippen LogP contribution in [0.4, 0.5) is 36.4 Å². The zero-order valence-electron chi connectivity index (χ0n) is 9.20. The fourth-order valence-corrected chi connectivity index (χ4v) is 1.21. The highest BCUT2D eigenvalue weighted by Crippen LogP contribution is 2.32. The Hall–Kier alpha value is -1.51. The van der Waals surface area contributed by atoms with Gasteiger partial charge in [0, 0.05) is 12.2 Å². The van der Waals surface area contributed by atoms with E-state index < -0.39 is 30.5 Å². The van der Waals surface area contributed by atoms with Crippen LogP contribution >= 0.6 is 0 Å². The first kappa shape index (κ1) is 15.5. The quantitative estimate of drug-likeness (QED) is 0.673. The van der Waals surface area contributed by atoms with E-state index in [-0.39, 0.29) is 12.2 Å². The maximum absolute atomic E-state index is 12.9. The van der Waals surface area contributed by atoms with E-state index in [1.807, 2.05) is 0 Å². The Labute approximate surface area is 103 Å². The maximum atomic E-state index is 12.9. The summed E-state index contributed by atoms with van der Waals surface area (Å²) in [7, 11) is 0. The predicted molar refractivity (Wildman–Crippen MR) is 51.9 cm³/mol. The van der Waals surface area contributed by atoms with Crippen LogP contribution in [-0.2, 0) is 10.9 Å². The van der Waals surface area contributed by atoms with E-state index in [4.69, 9.17) is 0 Å². The lowest BCUT2D eigenvalue weighted by molar-refractivity contribution is -0.322. The molecule has 1 aromatic carbocycles. The average Bonchev–Trinajstić information content (AvgIpc) is 2.23. The van der Waals surface area contributed by atoms with Gasteiger partial charge in [0.1, 0.15) is 5.82 Å². The molecule has 0 atom stereocenters. The third kappa shape index (κ3) is 5.33. The largest absolute Gasteiger partial charge is 0.522 e. The number of hydrogen-bond acceptors (Lipinski definition) is 2. The zero-order chi connectivity index (χ0) is 14.7. The molecule has 1 N–H and O–H groups in total. The van der Waals surface area contributed by atoms with Crippen LogP contribution in [0.1, 0.15) is 5.56 Å². The second kappa shape index (κ2) is 5.64. The molecular weight excluding hydrogens is 283 g/mol. The van der Waals surface area contributed by atoms with Crippen LogP contribution in [0.2, 0.25) is 0 Å². The molecule has 0 fully saturated rings. The van der Waals surface area contributed by atoms with Crippen molar-refractivity contribution in [2.45, 2.75) is 12.5 Å². The van der Waals surface area contributed by atoms with Gasteiger partial charge in [-0.3, -0.25) is 4.74 Å². The van der Waals surface area contributed by atoms with Gasteiger partial charge < -0.3 is 5.32 Å². The van der Waals surface area contributed by atoms with Crippen molar-refractivity contribution in [2.24, 2.45) is 0 Å². The Morgan fingerprint density at radius 1 is 1.05 bits per heavy atom. The van der Waals surface area contributed by atoms with Crippen molar-refractivity contribution in [3.05, 3.63) is 29.6 Å². The monoisotopic (exact) mass is 291 g/mol. The summed E-state index contributed by atoms with van der Waals surface area (Å²) in [6.07, 6.45) is -9.67. The Bertz CT molecular complexity index is 427. The fraction of sp³-hybridized carbons (Fsp3) is 0.400. The first-order chi connectivity index (χ1) is 8.59. The SMILES string of the molecule is Fc1ccc(NCCOC(F)(F)F)cc1C(F)(F)F. The highest BCUT2D eigenvalue weighted by atomic mass is 19.4. The van der Waals surface area contributed by atoms with Gasteiger partial charge in [-0.05, 0) is 18.2 Å². The van der Waals surface area contributed by atoms with Crippen molar-refractivity contribution in [1.82, 2.24) is 0 Å². The number of nitrogens with one attached hydrogen (secondary N) is 1. The molecular formula is C10H8F7NO. The second-order valence-corrected chi connectivity index (χ2v) is 3.41. The minimum Gasteiger partial charge on any atom is -0.383 e. The molecule has 0 spiro atoms. The minimum absolute atomic E-state index is 0.153. The molecule has 1 aromatic rings. The summed E-state index contributed by atoms with van der Waals surface area (Å²) in [5.41, 5.74) is -1.64. The number of rotatable bonds is 4. The van der Waals surface area contributed by atoms with Crippen molar-refractivity contribution in [2.75, 3.05) is 18.5 Å². The highest BCUT2D eigenvalue weighted by molar-refractivity contribution is 5.47. The first-order valence-electron chi connectivity index (χ1n) is 4.91. The third-order valence-corrected chi connectivity index (χ3v) is 1.97. The van der Waals surface area contributed by atoms with Crippen LogP contribution in [0.25, 0.3) is 0 Å². The number of benzene rings is 1. The maximum Gasteiger partial charge on any atom is 0.522 e. The molecule has 0 saturated heterocycles. The highest BCUT2D eigenvalue weighted by Gasteiger charge is 2.34. The molecule has 0 aromatic heterocycles. The van der Waals surface area contributed by atoms with Crippen molar-refractivity contribution >= 4 is 5.69 Å². The van der Waals surface area contributed by atoms with Gasteiger partial charge in [0.15, 0.2) is 0 Å². The van der Waals surface area contributed by atoms with Gasteiger partial charge in [0.25, 0.3) is 0 Å². The topological polar surface area (TPSA) is 21.3 Å². The number of alkyl halides is 6. The van der Waals surface area contributed by atoms with E-state index in [2.05, 4.69) is 10.1 Å². The summed E-state index contributed by atoms with van der Waals surface area (Å²) in [4.78, 5) is 0. The molecule has 9 heteroatoms. The predicted octanol–water partition coefficient (Wildman–Crippen LogP) is 3.79. The molecule has 2 nitrogen and oxygen atoms in total. The Kier molecular flexibility index (Phi) is 4.61. The number of anilines is 1. The average molecular weight is 291 g/mol.